The fraction of sp³-hybridized carbons (Fsp3) is 0.333. The fourth-order valence-electron chi connectivity index (χ4n) is 2.17. The molecule has 2 N–H and O–H groups in total. The summed E-state index contributed by atoms with van der Waals surface area (Å²) >= 11 is 0. The van der Waals surface area contributed by atoms with Crippen LogP contribution in [0.4, 0.5) is 4.39 Å². The van der Waals surface area contributed by atoms with Gasteiger partial charge in [-0.3, -0.25) is 0 Å². The van der Waals surface area contributed by atoms with Crippen molar-refractivity contribution in [2.75, 3.05) is 6.54 Å². The molecule has 0 saturated carbocycles. The van der Waals surface area contributed by atoms with Crippen molar-refractivity contribution in [3.8, 4) is 5.75 Å². The van der Waals surface area contributed by atoms with Crippen molar-refractivity contribution in [3.63, 3.8) is 0 Å². The van der Waals surface area contributed by atoms with Crippen LogP contribution in [0.15, 0.2) is 48.5 Å². The Hall–Kier alpha value is -1.91. The smallest absolute Gasteiger partial charge is 0.129 e. The van der Waals surface area contributed by atoms with Crippen molar-refractivity contribution in [1.82, 2.24) is 5.32 Å². The van der Waals surface area contributed by atoms with Crippen molar-refractivity contribution in [1.29, 1.82) is 0 Å². The van der Waals surface area contributed by atoms with E-state index in [0.29, 0.717) is 18.7 Å². The average molecular weight is 303 g/mol. The van der Waals surface area contributed by atoms with E-state index in [0.717, 1.165) is 11.3 Å². The van der Waals surface area contributed by atoms with Gasteiger partial charge in [0.2, 0.25) is 0 Å². The van der Waals surface area contributed by atoms with Gasteiger partial charge in [-0.05, 0) is 37.6 Å². The molecule has 0 bridgehead atoms. The van der Waals surface area contributed by atoms with Crippen LogP contribution in [0.25, 0.3) is 0 Å². The first-order chi connectivity index (χ1) is 10.6. The molecule has 1 atom stereocenters. The Morgan fingerprint density at radius 1 is 1.09 bits per heavy atom. The maximum atomic E-state index is 13.5. The van der Waals surface area contributed by atoms with E-state index in [4.69, 9.17) is 4.74 Å². The molecule has 0 aromatic heterocycles. The highest BCUT2D eigenvalue weighted by molar-refractivity contribution is 5.27. The Morgan fingerprint density at radius 2 is 1.77 bits per heavy atom. The molecule has 0 saturated heterocycles. The van der Waals surface area contributed by atoms with E-state index in [1.165, 1.54) is 6.07 Å². The molecule has 0 amide bonds. The second-order valence-electron chi connectivity index (χ2n) is 5.48. The summed E-state index contributed by atoms with van der Waals surface area (Å²) in [4.78, 5) is 0. The van der Waals surface area contributed by atoms with E-state index in [9.17, 15) is 9.50 Å². The van der Waals surface area contributed by atoms with Gasteiger partial charge >= 0.3 is 0 Å². The van der Waals surface area contributed by atoms with Gasteiger partial charge in [-0.1, -0.05) is 30.3 Å². The third kappa shape index (κ3) is 4.83. The van der Waals surface area contributed by atoms with Gasteiger partial charge in [0, 0.05) is 18.7 Å². The Kier molecular flexibility index (Phi) is 5.92. The Balaban J connectivity index is 1.82. The van der Waals surface area contributed by atoms with Gasteiger partial charge in [0.1, 0.15) is 11.6 Å². The molecule has 0 aliphatic rings. The molecule has 0 spiro atoms. The van der Waals surface area contributed by atoms with E-state index in [1.54, 1.807) is 18.2 Å². The molecule has 1 unspecified atom stereocenters. The third-order valence-corrected chi connectivity index (χ3v) is 3.23. The first kappa shape index (κ1) is 16.5. The number of aliphatic hydroxyl groups is 1. The monoisotopic (exact) mass is 303 g/mol. The lowest BCUT2D eigenvalue weighted by molar-refractivity contribution is 0.169. The van der Waals surface area contributed by atoms with Crippen molar-refractivity contribution in [2.24, 2.45) is 0 Å². The highest BCUT2D eigenvalue weighted by atomic mass is 19.1. The van der Waals surface area contributed by atoms with Crippen LogP contribution in [0.3, 0.4) is 0 Å². The molecule has 2 aromatic carbocycles. The maximum absolute atomic E-state index is 13.5. The van der Waals surface area contributed by atoms with Crippen molar-refractivity contribution < 1.29 is 14.2 Å². The van der Waals surface area contributed by atoms with Gasteiger partial charge in [-0.15, -0.1) is 0 Å². The maximum Gasteiger partial charge on any atom is 0.129 e. The minimum Gasteiger partial charge on any atom is -0.491 e. The van der Waals surface area contributed by atoms with E-state index < -0.39 is 6.10 Å². The normalized spacial score (nSPS) is 12.4. The predicted molar refractivity (Wildman–Crippen MR) is 85.3 cm³/mol. The molecule has 2 aromatic rings. The number of rotatable bonds is 7. The summed E-state index contributed by atoms with van der Waals surface area (Å²) in [5.41, 5.74) is 1.40. The second kappa shape index (κ2) is 7.92. The first-order valence-corrected chi connectivity index (χ1v) is 7.45. The van der Waals surface area contributed by atoms with Gasteiger partial charge in [0.15, 0.2) is 0 Å². The molecule has 4 heteroatoms. The Bertz CT molecular complexity index is 584. The lowest BCUT2D eigenvalue weighted by atomic mass is 10.1. The molecular formula is C18H22FNO2. The zero-order valence-electron chi connectivity index (χ0n) is 12.9. The van der Waals surface area contributed by atoms with E-state index in [1.807, 2.05) is 38.1 Å². The van der Waals surface area contributed by atoms with Crippen LogP contribution in [0.1, 0.15) is 31.1 Å². The van der Waals surface area contributed by atoms with Gasteiger partial charge in [-0.2, -0.15) is 0 Å². The summed E-state index contributed by atoms with van der Waals surface area (Å²) in [7, 11) is 0. The fourth-order valence-corrected chi connectivity index (χ4v) is 2.17. The first-order valence-electron chi connectivity index (χ1n) is 7.45. The van der Waals surface area contributed by atoms with Crippen molar-refractivity contribution in [3.05, 3.63) is 65.5 Å². The lowest BCUT2D eigenvalue weighted by Crippen LogP contribution is -2.21. The molecule has 0 fully saturated rings. The topological polar surface area (TPSA) is 41.5 Å². The van der Waals surface area contributed by atoms with Gasteiger partial charge in [0.05, 0.1) is 12.2 Å². The highest BCUT2D eigenvalue weighted by Gasteiger charge is 2.11. The molecule has 0 heterocycles. The Morgan fingerprint density at radius 3 is 2.41 bits per heavy atom. The number of ether oxygens (including phenoxy) is 1. The van der Waals surface area contributed by atoms with E-state index in [2.05, 4.69) is 5.32 Å². The third-order valence-electron chi connectivity index (χ3n) is 3.23. The minimum atomic E-state index is -0.857. The molecular weight excluding hydrogens is 281 g/mol. The van der Waals surface area contributed by atoms with Crippen LogP contribution >= 0.6 is 0 Å². The molecule has 0 aliphatic carbocycles. The highest BCUT2D eigenvalue weighted by Crippen LogP contribution is 2.16. The molecule has 118 valence electrons. The van der Waals surface area contributed by atoms with Gasteiger partial charge < -0.3 is 15.2 Å². The zero-order chi connectivity index (χ0) is 15.9. The van der Waals surface area contributed by atoms with Crippen LogP contribution < -0.4 is 10.1 Å². The van der Waals surface area contributed by atoms with Crippen LogP contribution in [0.2, 0.25) is 0 Å². The quantitative estimate of drug-likeness (QED) is 0.823. The largest absolute Gasteiger partial charge is 0.491 e. The van der Waals surface area contributed by atoms with E-state index >= 15 is 0 Å². The van der Waals surface area contributed by atoms with Crippen LogP contribution in [-0.2, 0) is 6.54 Å². The lowest BCUT2D eigenvalue weighted by Gasteiger charge is -2.13. The molecule has 0 radical (unpaired) electrons. The summed E-state index contributed by atoms with van der Waals surface area (Å²) in [5.74, 6) is 0.456. The van der Waals surface area contributed by atoms with Crippen molar-refractivity contribution >= 4 is 0 Å². The average Bonchev–Trinajstić information content (AvgIpc) is 2.49. The zero-order valence-corrected chi connectivity index (χ0v) is 12.9. The standard InChI is InChI=1S/C18H22FNO2/c1-13(2)22-15-9-7-14(8-10-15)11-20-12-18(21)16-5-3-4-6-17(16)19/h3-10,13,18,20-21H,11-12H2,1-2H3. The van der Waals surface area contributed by atoms with Gasteiger partial charge in [0.25, 0.3) is 0 Å². The number of benzene rings is 2. The van der Waals surface area contributed by atoms with Crippen molar-refractivity contribution in [2.45, 2.75) is 32.6 Å². The molecule has 2 rings (SSSR count). The SMILES string of the molecule is CC(C)Oc1ccc(CNCC(O)c2ccccc2F)cc1. The van der Waals surface area contributed by atoms with E-state index in [-0.39, 0.29) is 11.9 Å². The number of aliphatic hydroxyl groups excluding tert-OH is 1. The predicted octanol–water partition coefficient (Wildman–Crippen LogP) is 3.44. The Labute approximate surface area is 130 Å². The molecule has 0 aliphatic heterocycles. The van der Waals surface area contributed by atoms with Crippen LogP contribution in [0.5, 0.6) is 5.75 Å². The number of hydrogen-bond donors (Lipinski definition) is 2. The van der Waals surface area contributed by atoms with Gasteiger partial charge in [-0.25, -0.2) is 4.39 Å². The van der Waals surface area contributed by atoms with Crippen LogP contribution in [0, 0.1) is 5.82 Å². The number of hydrogen-bond acceptors (Lipinski definition) is 3. The second-order valence-corrected chi connectivity index (χ2v) is 5.48. The summed E-state index contributed by atoms with van der Waals surface area (Å²) in [6.07, 6.45) is -0.704. The minimum absolute atomic E-state index is 0.153. The summed E-state index contributed by atoms with van der Waals surface area (Å²) in [5, 5.41) is 13.1. The number of halogens is 1. The summed E-state index contributed by atoms with van der Waals surface area (Å²) < 4.78 is 19.1. The molecule has 22 heavy (non-hydrogen) atoms. The van der Waals surface area contributed by atoms with Crippen LogP contribution in [-0.4, -0.2) is 17.8 Å². The summed E-state index contributed by atoms with van der Waals surface area (Å²) in [6.45, 7) is 4.87. The molecule has 3 nitrogen and oxygen atoms in total. The number of nitrogens with one attached hydrogen (secondary N) is 1. The summed E-state index contributed by atoms with van der Waals surface area (Å²) in [6, 6.07) is 14.1.